The number of hydrogen-bond donors (Lipinski definition) is 2. The van der Waals surface area contributed by atoms with Crippen LogP contribution in [-0.2, 0) is 11.3 Å². The number of morpholine rings is 1. The van der Waals surface area contributed by atoms with Crippen molar-refractivity contribution < 1.29 is 14.5 Å². The average molecular weight is 291 g/mol. The summed E-state index contributed by atoms with van der Waals surface area (Å²) in [5.41, 5.74) is 1.42. The lowest BCUT2D eigenvalue weighted by atomic mass is 10.0. The van der Waals surface area contributed by atoms with Crippen molar-refractivity contribution in [3.8, 4) is 0 Å². The second-order valence-electron chi connectivity index (χ2n) is 6.88. The summed E-state index contributed by atoms with van der Waals surface area (Å²) in [5, 5.41) is 0. The van der Waals surface area contributed by atoms with E-state index in [0.29, 0.717) is 12.2 Å². The Bertz CT molecular complexity index is 421. The van der Waals surface area contributed by atoms with Gasteiger partial charge >= 0.3 is 0 Å². The number of aromatic nitrogens is 1. The van der Waals surface area contributed by atoms with Crippen LogP contribution >= 0.6 is 0 Å². The highest BCUT2D eigenvalue weighted by atomic mass is 16.5. The summed E-state index contributed by atoms with van der Waals surface area (Å²) < 4.78 is 5.88. The Balaban J connectivity index is 1.48. The fourth-order valence-corrected chi connectivity index (χ4v) is 4.05. The van der Waals surface area contributed by atoms with Crippen molar-refractivity contribution in [3.63, 3.8) is 0 Å². The summed E-state index contributed by atoms with van der Waals surface area (Å²) in [4.78, 5) is 7.61. The van der Waals surface area contributed by atoms with Gasteiger partial charge in [-0.15, -0.1) is 0 Å². The lowest BCUT2D eigenvalue weighted by Crippen LogP contribution is -3.22. The molecule has 4 heteroatoms. The van der Waals surface area contributed by atoms with E-state index in [1.165, 1.54) is 44.6 Å². The Hall–Kier alpha value is -0.970. The van der Waals surface area contributed by atoms with Crippen LogP contribution in [0.25, 0.3) is 0 Å². The van der Waals surface area contributed by atoms with Crippen LogP contribution < -0.4 is 9.80 Å². The molecule has 2 aliphatic rings. The van der Waals surface area contributed by atoms with Crippen molar-refractivity contribution in [2.75, 3.05) is 26.2 Å². The number of piperidine rings is 1. The van der Waals surface area contributed by atoms with Crippen LogP contribution in [0.5, 0.6) is 0 Å². The van der Waals surface area contributed by atoms with Crippen molar-refractivity contribution in [1.29, 1.82) is 0 Å². The highest BCUT2D eigenvalue weighted by molar-refractivity contribution is 5.07. The van der Waals surface area contributed by atoms with Crippen LogP contribution in [0.2, 0.25) is 0 Å². The molecule has 0 aliphatic carbocycles. The van der Waals surface area contributed by atoms with Crippen molar-refractivity contribution >= 4 is 0 Å². The molecule has 1 aromatic heterocycles. The zero-order chi connectivity index (χ0) is 14.7. The van der Waals surface area contributed by atoms with Gasteiger partial charge in [0.1, 0.15) is 31.8 Å². The van der Waals surface area contributed by atoms with Gasteiger partial charge in [-0.2, -0.15) is 0 Å². The second kappa shape index (κ2) is 6.86. The average Bonchev–Trinajstić information content (AvgIpc) is 2.48. The Morgan fingerprint density at radius 1 is 1.10 bits per heavy atom. The minimum absolute atomic E-state index is 0.422. The van der Waals surface area contributed by atoms with Gasteiger partial charge in [0.2, 0.25) is 0 Å². The topological polar surface area (TPSA) is 31.0 Å². The van der Waals surface area contributed by atoms with E-state index in [9.17, 15) is 0 Å². The molecular formula is C17H29N3O+2. The monoisotopic (exact) mass is 291 g/mol. The number of likely N-dealkylation sites (tertiary alicyclic amines) is 1. The van der Waals surface area contributed by atoms with E-state index < -0.39 is 0 Å². The maximum absolute atomic E-state index is 5.88. The summed E-state index contributed by atoms with van der Waals surface area (Å²) in [5.74, 6) is 0. The number of quaternary nitrogens is 2. The number of pyridine rings is 1. The Morgan fingerprint density at radius 3 is 2.33 bits per heavy atom. The van der Waals surface area contributed by atoms with Crippen LogP contribution in [0.3, 0.4) is 0 Å². The molecule has 3 atom stereocenters. The molecule has 4 nitrogen and oxygen atoms in total. The Labute approximate surface area is 128 Å². The number of hydrogen-bond acceptors (Lipinski definition) is 2. The molecule has 21 heavy (non-hydrogen) atoms. The van der Waals surface area contributed by atoms with Gasteiger partial charge in [0.25, 0.3) is 0 Å². The highest BCUT2D eigenvalue weighted by Crippen LogP contribution is 2.04. The van der Waals surface area contributed by atoms with Crippen LogP contribution in [0.1, 0.15) is 32.3 Å². The first-order valence-electron chi connectivity index (χ1n) is 8.43. The molecule has 2 fully saturated rings. The Morgan fingerprint density at radius 2 is 1.71 bits per heavy atom. The molecule has 3 rings (SSSR count). The van der Waals surface area contributed by atoms with E-state index in [2.05, 4.69) is 31.0 Å². The first kappa shape index (κ1) is 14.9. The van der Waals surface area contributed by atoms with Gasteiger partial charge < -0.3 is 14.5 Å². The molecule has 0 bridgehead atoms. The minimum Gasteiger partial charge on any atom is -0.364 e. The van der Waals surface area contributed by atoms with Crippen LogP contribution in [0.4, 0.5) is 0 Å². The molecule has 0 amide bonds. The molecule has 0 aromatic carbocycles. The number of nitrogens with one attached hydrogen (secondary N) is 2. The van der Waals surface area contributed by atoms with Gasteiger partial charge in [0.15, 0.2) is 0 Å². The molecule has 0 spiro atoms. The molecule has 2 N–H and O–H groups in total. The third kappa shape index (κ3) is 4.02. The molecule has 2 aliphatic heterocycles. The van der Waals surface area contributed by atoms with E-state index in [0.717, 1.165) is 12.6 Å². The maximum Gasteiger partial charge on any atom is 0.104 e. The number of rotatable bonds is 3. The molecule has 2 saturated heterocycles. The van der Waals surface area contributed by atoms with E-state index >= 15 is 0 Å². The van der Waals surface area contributed by atoms with Crippen molar-refractivity contribution in [2.45, 2.75) is 51.5 Å². The summed E-state index contributed by atoms with van der Waals surface area (Å²) in [6, 6.07) is 5.14. The molecule has 0 radical (unpaired) electrons. The number of nitrogens with zero attached hydrogens (tertiary/aromatic N) is 1. The predicted molar refractivity (Wildman–Crippen MR) is 82.4 cm³/mol. The van der Waals surface area contributed by atoms with Gasteiger partial charge in [0, 0.05) is 30.8 Å². The number of ether oxygens (including phenoxy) is 1. The fourth-order valence-electron chi connectivity index (χ4n) is 4.05. The summed E-state index contributed by atoms with van der Waals surface area (Å²) in [6.07, 6.45) is 7.37. The van der Waals surface area contributed by atoms with Crippen molar-refractivity contribution in [2.24, 2.45) is 0 Å². The first-order valence-corrected chi connectivity index (χ1v) is 8.43. The molecule has 1 unspecified atom stereocenters. The smallest absolute Gasteiger partial charge is 0.104 e. The SMILES string of the molecule is C[C@@H]1C[NH+](C2CC[NH+](Cc3ccncc3)CC2)C[C@H](C)O1. The summed E-state index contributed by atoms with van der Waals surface area (Å²) in [6.45, 7) is 10.6. The quantitative estimate of drug-likeness (QED) is 0.773. The largest absolute Gasteiger partial charge is 0.364 e. The van der Waals surface area contributed by atoms with Gasteiger partial charge in [-0.1, -0.05) is 0 Å². The van der Waals surface area contributed by atoms with Gasteiger partial charge in [0.05, 0.1) is 19.1 Å². The van der Waals surface area contributed by atoms with E-state index in [1.807, 2.05) is 12.4 Å². The summed E-state index contributed by atoms with van der Waals surface area (Å²) in [7, 11) is 0. The third-order valence-corrected chi connectivity index (χ3v) is 5.04. The zero-order valence-electron chi connectivity index (χ0n) is 13.3. The predicted octanol–water partition coefficient (Wildman–Crippen LogP) is -0.679. The van der Waals surface area contributed by atoms with Gasteiger partial charge in [-0.25, -0.2) is 0 Å². The molecule has 3 heterocycles. The maximum atomic E-state index is 5.88. The third-order valence-electron chi connectivity index (χ3n) is 5.04. The van der Waals surface area contributed by atoms with Crippen molar-refractivity contribution in [1.82, 2.24) is 4.98 Å². The van der Waals surface area contributed by atoms with E-state index in [1.54, 1.807) is 9.80 Å². The zero-order valence-corrected chi connectivity index (χ0v) is 13.3. The van der Waals surface area contributed by atoms with Crippen LogP contribution in [0, 0.1) is 0 Å². The minimum atomic E-state index is 0.422. The van der Waals surface area contributed by atoms with Crippen molar-refractivity contribution in [3.05, 3.63) is 30.1 Å². The lowest BCUT2D eigenvalue weighted by Gasteiger charge is -2.39. The standard InChI is InChI=1S/C17H27N3O/c1-14-11-20(12-15(2)21-14)17-5-9-19(10-6-17)13-16-3-7-18-8-4-16/h3-4,7-8,14-15,17H,5-6,9-13H2,1-2H3/p+2/t14-,15+. The highest BCUT2D eigenvalue weighted by Gasteiger charge is 2.34. The van der Waals surface area contributed by atoms with Gasteiger partial charge in [-0.3, -0.25) is 4.98 Å². The second-order valence-corrected chi connectivity index (χ2v) is 6.88. The van der Waals surface area contributed by atoms with Crippen LogP contribution in [-0.4, -0.2) is 49.4 Å². The van der Waals surface area contributed by atoms with Crippen LogP contribution in [0.15, 0.2) is 24.5 Å². The first-order chi connectivity index (χ1) is 10.2. The lowest BCUT2D eigenvalue weighted by molar-refractivity contribution is -0.970. The van der Waals surface area contributed by atoms with E-state index in [4.69, 9.17) is 4.74 Å². The van der Waals surface area contributed by atoms with Gasteiger partial charge in [-0.05, 0) is 26.0 Å². The molecule has 116 valence electrons. The fraction of sp³-hybridized carbons (Fsp3) is 0.706. The molecular weight excluding hydrogens is 262 g/mol. The molecule has 0 saturated carbocycles. The summed E-state index contributed by atoms with van der Waals surface area (Å²) >= 11 is 0. The molecule has 1 aromatic rings. The Kier molecular flexibility index (Phi) is 4.88. The van der Waals surface area contributed by atoms with E-state index in [-0.39, 0.29) is 0 Å². The normalized spacial score (nSPS) is 37.3.